The van der Waals surface area contributed by atoms with Crippen molar-refractivity contribution in [1.82, 2.24) is 5.32 Å². The van der Waals surface area contributed by atoms with Crippen LogP contribution in [-0.4, -0.2) is 6.04 Å². The first-order chi connectivity index (χ1) is 11.3. The molecule has 2 aromatic rings. The molecule has 2 fully saturated rings. The molecule has 2 bridgehead atoms. The summed E-state index contributed by atoms with van der Waals surface area (Å²) in [5, 5.41) is 8.24. The van der Waals surface area contributed by atoms with E-state index in [-0.39, 0.29) is 0 Å². The second kappa shape index (κ2) is 6.78. The molecule has 0 aliphatic heterocycles. The van der Waals surface area contributed by atoms with E-state index >= 15 is 0 Å². The Morgan fingerprint density at radius 2 is 1.83 bits per heavy atom. The smallest absolute Gasteiger partial charge is 0.0208 e. The normalized spacial score (nSPS) is 30.3. The number of hydrogen-bond acceptors (Lipinski definition) is 2. The first-order valence-corrected chi connectivity index (χ1v) is 10.1. The van der Waals surface area contributed by atoms with E-state index in [2.05, 4.69) is 53.3 Å². The Morgan fingerprint density at radius 1 is 1.00 bits per heavy atom. The van der Waals surface area contributed by atoms with Gasteiger partial charge in [-0.05, 0) is 89.4 Å². The van der Waals surface area contributed by atoms with Crippen LogP contribution in [0, 0.1) is 17.8 Å². The first-order valence-electron chi connectivity index (χ1n) is 9.11. The Kier molecular flexibility index (Phi) is 4.54. The van der Waals surface area contributed by atoms with Crippen LogP contribution in [0.15, 0.2) is 41.1 Å². The van der Waals surface area contributed by atoms with Gasteiger partial charge in [0.05, 0.1) is 0 Å². The van der Waals surface area contributed by atoms with Crippen LogP contribution in [0.1, 0.15) is 44.6 Å². The van der Waals surface area contributed by atoms with Gasteiger partial charge in [-0.2, -0.15) is 11.3 Å². The third kappa shape index (κ3) is 3.70. The molecule has 2 heteroatoms. The van der Waals surface area contributed by atoms with Crippen molar-refractivity contribution in [3.05, 3.63) is 46.7 Å². The summed E-state index contributed by atoms with van der Waals surface area (Å²) in [7, 11) is 0. The van der Waals surface area contributed by atoms with Crippen LogP contribution in [0.5, 0.6) is 0 Å². The summed E-state index contributed by atoms with van der Waals surface area (Å²) in [5.74, 6) is 2.92. The molecule has 1 heterocycles. The number of nitrogens with one attached hydrogen (secondary N) is 1. The van der Waals surface area contributed by atoms with E-state index in [1.54, 1.807) is 11.3 Å². The van der Waals surface area contributed by atoms with Crippen molar-refractivity contribution >= 4 is 11.3 Å². The topological polar surface area (TPSA) is 12.0 Å². The van der Waals surface area contributed by atoms with Crippen molar-refractivity contribution in [2.45, 2.75) is 51.6 Å². The lowest BCUT2D eigenvalue weighted by atomic mass is 9.67. The minimum atomic E-state index is 0.732. The minimum Gasteiger partial charge on any atom is -0.310 e. The molecular weight excluding hydrogens is 298 g/mol. The molecular formula is C21H27NS. The summed E-state index contributed by atoms with van der Waals surface area (Å²) in [6.45, 7) is 3.46. The van der Waals surface area contributed by atoms with E-state index in [1.807, 2.05) is 0 Å². The van der Waals surface area contributed by atoms with Gasteiger partial charge in [-0.25, -0.2) is 0 Å². The molecule has 4 rings (SSSR count). The monoisotopic (exact) mass is 325 g/mol. The fraction of sp³-hybridized carbons (Fsp3) is 0.524. The van der Waals surface area contributed by atoms with Gasteiger partial charge in [0.2, 0.25) is 0 Å². The number of rotatable bonds is 4. The molecule has 2 unspecified atom stereocenters. The molecule has 2 atom stereocenters. The number of benzene rings is 1. The van der Waals surface area contributed by atoms with Gasteiger partial charge in [0, 0.05) is 12.6 Å². The van der Waals surface area contributed by atoms with Crippen molar-refractivity contribution in [2.24, 2.45) is 17.8 Å². The quantitative estimate of drug-likeness (QED) is 0.758. The second-order valence-electron chi connectivity index (χ2n) is 7.81. The molecule has 2 saturated carbocycles. The van der Waals surface area contributed by atoms with E-state index in [1.165, 1.54) is 48.8 Å². The zero-order chi connectivity index (χ0) is 15.6. The summed E-state index contributed by atoms with van der Waals surface area (Å²) < 4.78 is 0. The van der Waals surface area contributed by atoms with Gasteiger partial charge in [0.25, 0.3) is 0 Å². The predicted molar refractivity (Wildman–Crippen MR) is 99.6 cm³/mol. The Bertz CT molecular complexity index is 615. The van der Waals surface area contributed by atoms with Crippen molar-refractivity contribution in [1.29, 1.82) is 0 Å². The van der Waals surface area contributed by atoms with Crippen LogP contribution in [0.25, 0.3) is 11.1 Å². The molecule has 0 radical (unpaired) electrons. The number of fused-ring (bicyclic) bond motifs is 2. The molecule has 1 nitrogen and oxygen atoms in total. The Morgan fingerprint density at radius 3 is 2.57 bits per heavy atom. The van der Waals surface area contributed by atoms with Crippen LogP contribution in [0.2, 0.25) is 0 Å². The van der Waals surface area contributed by atoms with E-state index in [9.17, 15) is 0 Å². The van der Waals surface area contributed by atoms with Crippen molar-refractivity contribution in [3.63, 3.8) is 0 Å². The van der Waals surface area contributed by atoms with Crippen LogP contribution >= 0.6 is 11.3 Å². The number of hydrogen-bond donors (Lipinski definition) is 1. The second-order valence-corrected chi connectivity index (χ2v) is 8.59. The first kappa shape index (κ1) is 15.4. The highest BCUT2D eigenvalue weighted by molar-refractivity contribution is 7.08. The summed E-state index contributed by atoms with van der Waals surface area (Å²) >= 11 is 1.77. The van der Waals surface area contributed by atoms with Crippen molar-refractivity contribution in [3.8, 4) is 11.1 Å². The van der Waals surface area contributed by atoms with Crippen LogP contribution in [0.3, 0.4) is 0 Å². The van der Waals surface area contributed by atoms with Crippen molar-refractivity contribution in [2.75, 3.05) is 0 Å². The zero-order valence-corrected chi connectivity index (χ0v) is 14.8. The van der Waals surface area contributed by atoms with E-state index in [0.717, 1.165) is 30.3 Å². The predicted octanol–water partition coefficient (Wildman–Crippen LogP) is 5.72. The molecule has 2 aliphatic carbocycles. The highest BCUT2D eigenvalue weighted by Crippen LogP contribution is 2.42. The van der Waals surface area contributed by atoms with E-state index < -0.39 is 0 Å². The highest BCUT2D eigenvalue weighted by Gasteiger charge is 2.34. The van der Waals surface area contributed by atoms with Crippen molar-refractivity contribution < 1.29 is 0 Å². The van der Waals surface area contributed by atoms with Crippen LogP contribution < -0.4 is 5.32 Å². The molecule has 1 aromatic heterocycles. The van der Waals surface area contributed by atoms with Gasteiger partial charge >= 0.3 is 0 Å². The molecule has 23 heavy (non-hydrogen) atoms. The largest absolute Gasteiger partial charge is 0.310 e. The molecule has 1 N–H and O–H groups in total. The van der Waals surface area contributed by atoms with Crippen LogP contribution in [0.4, 0.5) is 0 Å². The Labute approximate surface area is 144 Å². The number of thiophene rings is 1. The SMILES string of the molecule is CC1CC2CC(C1)CC(NCc1cccc(-c3ccsc3)c1)C2. The van der Waals surface area contributed by atoms with E-state index in [0.29, 0.717) is 0 Å². The lowest BCUT2D eigenvalue weighted by Crippen LogP contribution is -2.40. The van der Waals surface area contributed by atoms with Crippen LogP contribution in [-0.2, 0) is 6.54 Å². The maximum Gasteiger partial charge on any atom is 0.0208 e. The summed E-state index contributed by atoms with van der Waals surface area (Å²) in [6.07, 6.45) is 7.21. The Hall–Kier alpha value is -1.12. The lowest BCUT2D eigenvalue weighted by molar-refractivity contribution is 0.118. The summed E-state index contributed by atoms with van der Waals surface area (Å²) in [4.78, 5) is 0. The fourth-order valence-corrected chi connectivity index (χ4v) is 5.57. The fourth-order valence-electron chi connectivity index (χ4n) is 4.90. The Balaban J connectivity index is 1.37. The maximum absolute atomic E-state index is 3.86. The zero-order valence-electron chi connectivity index (χ0n) is 14.0. The maximum atomic E-state index is 3.86. The van der Waals surface area contributed by atoms with Gasteiger partial charge in [0.1, 0.15) is 0 Å². The molecule has 122 valence electrons. The third-order valence-corrected chi connectivity index (χ3v) is 6.43. The molecule has 0 saturated heterocycles. The third-order valence-electron chi connectivity index (χ3n) is 5.75. The lowest BCUT2D eigenvalue weighted by Gasteiger charge is -2.42. The van der Waals surface area contributed by atoms with Gasteiger partial charge < -0.3 is 5.32 Å². The highest BCUT2D eigenvalue weighted by atomic mass is 32.1. The molecule has 0 spiro atoms. The van der Waals surface area contributed by atoms with Gasteiger partial charge in [-0.3, -0.25) is 0 Å². The minimum absolute atomic E-state index is 0.732. The summed E-state index contributed by atoms with van der Waals surface area (Å²) in [5.41, 5.74) is 4.11. The standard InChI is InChI=1S/C21H27NS/c1-15-7-17-9-18(8-15)12-21(11-17)22-13-16-3-2-4-19(10-16)20-5-6-23-14-20/h2-6,10,14-15,17-18,21-22H,7-9,11-13H2,1H3. The van der Waals surface area contributed by atoms with Gasteiger partial charge in [-0.15, -0.1) is 0 Å². The average Bonchev–Trinajstić information content (AvgIpc) is 3.07. The molecule has 2 aliphatic rings. The van der Waals surface area contributed by atoms with Gasteiger partial charge in [0.15, 0.2) is 0 Å². The van der Waals surface area contributed by atoms with E-state index in [4.69, 9.17) is 0 Å². The molecule has 0 amide bonds. The molecule has 1 aromatic carbocycles. The average molecular weight is 326 g/mol. The summed E-state index contributed by atoms with van der Waals surface area (Å²) in [6, 6.07) is 12.0. The van der Waals surface area contributed by atoms with Gasteiger partial charge in [-0.1, -0.05) is 25.1 Å².